The van der Waals surface area contributed by atoms with Gasteiger partial charge in [-0.2, -0.15) is 0 Å². The van der Waals surface area contributed by atoms with Crippen LogP contribution >= 0.6 is 23.8 Å². The summed E-state index contributed by atoms with van der Waals surface area (Å²) in [4.78, 5) is 15.4. The fraction of sp³-hybridized carbons (Fsp3) is 0. The number of rotatable bonds is 2. The third-order valence-corrected chi connectivity index (χ3v) is 4.59. The molecule has 0 aliphatic rings. The maximum atomic E-state index is 12.3. The molecule has 1 amide bonds. The van der Waals surface area contributed by atoms with Crippen molar-refractivity contribution in [3.05, 3.63) is 77.4 Å². The van der Waals surface area contributed by atoms with Crippen molar-refractivity contribution in [2.45, 2.75) is 0 Å². The lowest BCUT2D eigenvalue weighted by Gasteiger charge is -2.13. The quantitative estimate of drug-likeness (QED) is 0.296. The highest BCUT2D eigenvalue weighted by molar-refractivity contribution is 7.80. The Morgan fingerprint density at radius 1 is 0.926 bits per heavy atom. The van der Waals surface area contributed by atoms with E-state index in [9.17, 15) is 4.79 Å². The first-order valence-electron chi connectivity index (χ1n) is 8.23. The van der Waals surface area contributed by atoms with E-state index in [0.717, 1.165) is 27.4 Å². The Balaban J connectivity index is 1.43. The fourth-order valence-corrected chi connectivity index (χ4v) is 3.24. The average molecular weight is 395 g/mol. The van der Waals surface area contributed by atoms with Crippen LogP contribution in [0.2, 0.25) is 5.02 Å². The molecule has 27 heavy (non-hydrogen) atoms. The summed E-state index contributed by atoms with van der Waals surface area (Å²) in [7, 11) is 0. The Morgan fingerprint density at radius 3 is 2.63 bits per heavy atom. The lowest BCUT2D eigenvalue weighted by molar-refractivity contribution is 0.0940. The number of nitrogens with one attached hydrogen (secondary N) is 4. The first-order chi connectivity index (χ1) is 13.1. The molecule has 0 saturated heterocycles. The molecule has 0 bridgehead atoms. The van der Waals surface area contributed by atoms with Gasteiger partial charge in [-0.15, -0.1) is 0 Å². The largest absolute Gasteiger partial charge is 0.350 e. The van der Waals surface area contributed by atoms with E-state index >= 15 is 0 Å². The van der Waals surface area contributed by atoms with Crippen LogP contribution in [-0.4, -0.2) is 16.0 Å². The molecule has 0 aliphatic carbocycles. The summed E-state index contributed by atoms with van der Waals surface area (Å²) in [5.41, 5.74) is 7.42. The number of hydrogen-bond acceptors (Lipinski definition) is 2. The number of carbonyl (C=O) groups is 1. The average Bonchev–Trinajstić information content (AvgIpc) is 3.09. The summed E-state index contributed by atoms with van der Waals surface area (Å²) >= 11 is 11.3. The number of thiocarbonyl (C=S) groups is 1. The number of aromatic nitrogens is 1. The van der Waals surface area contributed by atoms with Gasteiger partial charge in [0.15, 0.2) is 5.11 Å². The van der Waals surface area contributed by atoms with Crippen molar-refractivity contribution in [1.29, 1.82) is 0 Å². The van der Waals surface area contributed by atoms with Gasteiger partial charge in [-0.05, 0) is 47.9 Å². The Kier molecular flexibility index (Phi) is 4.66. The zero-order chi connectivity index (χ0) is 18.8. The standard InChI is InChI=1S/C20H15ClN4OS/c21-14-8-9-16-13(10-14)11-18(22-16)19(26)24-25-20(27)23-17-7-3-5-12-4-1-2-6-15(12)17/h1-11,22H,(H,24,26)(H2,23,25,27). The Bertz CT molecular complexity index is 1170. The molecule has 0 spiro atoms. The number of fused-ring (bicyclic) bond motifs is 2. The maximum Gasteiger partial charge on any atom is 0.286 e. The van der Waals surface area contributed by atoms with Gasteiger partial charge in [-0.3, -0.25) is 15.6 Å². The first kappa shape index (κ1) is 17.3. The second kappa shape index (κ2) is 7.26. The van der Waals surface area contributed by atoms with Crippen LogP contribution in [0.1, 0.15) is 10.5 Å². The van der Waals surface area contributed by atoms with Gasteiger partial charge in [0.1, 0.15) is 5.69 Å². The SMILES string of the molecule is O=C(NNC(=S)Nc1cccc2ccccc12)c1cc2cc(Cl)ccc2[nH]1. The summed E-state index contributed by atoms with van der Waals surface area (Å²) in [6, 6.07) is 21.0. The van der Waals surface area contributed by atoms with Gasteiger partial charge in [0.05, 0.1) is 0 Å². The minimum absolute atomic E-state index is 0.291. The molecule has 4 rings (SSSR count). The number of aromatic amines is 1. The number of hydrazine groups is 1. The van der Waals surface area contributed by atoms with Crippen LogP contribution in [0.3, 0.4) is 0 Å². The molecule has 4 aromatic rings. The predicted octanol–water partition coefficient (Wildman–Crippen LogP) is 4.61. The van der Waals surface area contributed by atoms with Crippen LogP contribution in [-0.2, 0) is 0 Å². The molecule has 3 aromatic carbocycles. The van der Waals surface area contributed by atoms with Crippen LogP contribution in [0.5, 0.6) is 0 Å². The highest BCUT2D eigenvalue weighted by atomic mass is 35.5. The summed E-state index contributed by atoms with van der Waals surface area (Å²) in [5, 5.41) is 7.02. The Hall–Kier alpha value is -3.09. The molecule has 0 fully saturated rings. The minimum atomic E-state index is -0.329. The smallest absolute Gasteiger partial charge is 0.286 e. The lowest BCUT2D eigenvalue weighted by atomic mass is 10.1. The van der Waals surface area contributed by atoms with Crippen molar-refractivity contribution in [3.8, 4) is 0 Å². The van der Waals surface area contributed by atoms with Crippen molar-refractivity contribution < 1.29 is 4.79 Å². The summed E-state index contributed by atoms with van der Waals surface area (Å²) in [6.45, 7) is 0. The molecular weight excluding hydrogens is 380 g/mol. The number of benzene rings is 3. The number of amides is 1. The van der Waals surface area contributed by atoms with Gasteiger partial charge >= 0.3 is 0 Å². The fourth-order valence-electron chi connectivity index (χ4n) is 2.89. The monoisotopic (exact) mass is 394 g/mol. The van der Waals surface area contributed by atoms with Gasteiger partial charge < -0.3 is 10.3 Å². The van der Waals surface area contributed by atoms with Crippen molar-refractivity contribution in [3.63, 3.8) is 0 Å². The highest BCUT2D eigenvalue weighted by Crippen LogP contribution is 2.23. The molecule has 1 heterocycles. The topological polar surface area (TPSA) is 69.0 Å². The van der Waals surface area contributed by atoms with Crippen LogP contribution in [0, 0.1) is 0 Å². The predicted molar refractivity (Wildman–Crippen MR) is 114 cm³/mol. The van der Waals surface area contributed by atoms with Crippen molar-refractivity contribution in [1.82, 2.24) is 15.8 Å². The summed E-state index contributed by atoms with van der Waals surface area (Å²) in [6.07, 6.45) is 0. The number of halogens is 1. The van der Waals surface area contributed by atoms with E-state index < -0.39 is 0 Å². The summed E-state index contributed by atoms with van der Waals surface area (Å²) < 4.78 is 0. The molecule has 7 heteroatoms. The van der Waals surface area contributed by atoms with E-state index in [4.69, 9.17) is 23.8 Å². The van der Waals surface area contributed by atoms with Gasteiger partial charge in [0.2, 0.25) is 0 Å². The normalized spacial score (nSPS) is 10.7. The van der Waals surface area contributed by atoms with Crippen LogP contribution in [0.15, 0.2) is 66.7 Å². The Labute approximate surface area is 165 Å². The van der Waals surface area contributed by atoms with Crippen molar-refractivity contribution >= 4 is 62.2 Å². The molecule has 0 atom stereocenters. The second-order valence-corrected chi connectivity index (χ2v) is 6.82. The lowest BCUT2D eigenvalue weighted by Crippen LogP contribution is -2.43. The molecule has 0 radical (unpaired) electrons. The van der Waals surface area contributed by atoms with E-state index in [1.165, 1.54) is 0 Å². The maximum absolute atomic E-state index is 12.3. The molecule has 0 aliphatic heterocycles. The zero-order valence-corrected chi connectivity index (χ0v) is 15.6. The van der Waals surface area contributed by atoms with Gasteiger partial charge in [-0.1, -0.05) is 48.0 Å². The van der Waals surface area contributed by atoms with Crippen LogP contribution in [0.25, 0.3) is 21.7 Å². The Morgan fingerprint density at radius 2 is 1.74 bits per heavy atom. The van der Waals surface area contributed by atoms with Crippen molar-refractivity contribution in [2.24, 2.45) is 0 Å². The molecule has 1 aromatic heterocycles. The third kappa shape index (κ3) is 3.72. The van der Waals surface area contributed by atoms with Gasteiger partial charge in [0.25, 0.3) is 5.91 Å². The van der Waals surface area contributed by atoms with E-state index in [0.29, 0.717) is 15.8 Å². The van der Waals surface area contributed by atoms with E-state index in [1.807, 2.05) is 48.5 Å². The molecule has 0 saturated carbocycles. The van der Waals surface area contributed by atoms with Crippen LogP contribution in [0.4, 0.5) is 5.69 Å². The van der Waals surface area contributed by atoms with E-state index in [-0.39, 0.29) is 5.91 Å². The molecule has 134 valence electrons. The van der Waals surface area contributed by atoms with Gasteiger partial charge in [-0.25, -0.2) is 0 Å². The zero-order valence-electron chi connectivity index (χ0n) is 14.0. The molecule has 0 unspecified atom stereocenters. The number of H-pyrrole nitrogens is 1. The van der Waals surface area contributed by atoms with E-state index in [1.54, 1.807) is 18.2 Å². The summed E-state index contributed by atoms with van der Waals surface area (Å²) in [5.74, 6) is -0.329. The minimum Gasteiger partial charge on any atom is -0.350 e. The molecule has 5 nitrogen and oxygen atoms in total. The molecule has 4 N–H and O–H groups in total. The van der Waals surface area contributed by atoms with Gasteiger partial charge in [0, 0.05) is 27.0 Å². The second-order valence-electron chi connectivity index (χ2n) is 5.97. The van der Waals surface area contributed by atoms with E-state index in [2.05, 4.69) is 21.2 Å². The third-order valence-electron chi connectivity index (χ3n) is 4.15. The highest BCUT2D eigenvalue weighted by Gasteiger charge is 2.10. The number of hydrogen-bond donors (Lipinski definition) is 4. The number of carbonyl (C=O) groups excluding carboxylic acids is 1. The van der Waals surface area contributed by atoms with Crippen molar-refractivity contribution in [2.75, 3.05) is 5.32 Å². The molecular formula is C20H15ClN4OS. The van der Waals surface area contributed by atoms with Crippen LogP contribution < -0.4 is 16.2 Å². The first-order valence-corrected chi connectivity index (χ1v) is 9.02. The number of anilines is 1.